The quantitative estimate of drug-likeness (QED) is 0.673. The first-order valence-electron chi connectivity index (χ1n) is 5.57. The number of rotatable bonds is 5. The third kappa shape index (κ3) is 3.56. The molecule has 0 radical (unpaired) electrons. The minimum atomic E-state index is 0.328. The number of likely N-dealkylation sites (tertiary alicyclic amines) is 1. The Morgan fingerprint density at radius 3 is 2.71 bits per heavy atom. The van der Waals surface area contributed by atoms with E-state index in [0.29, 0.717) is 18.2 Å². The number of hydrogen-bond acceptors (Lipinski definition) is 3. The van der Waals surface area contributed by atoms with Crippen molar-refractivity contribution >= 4 is 0 Å². The van der Waals surface area contributed by atoms with E-state index in [0.717, 1.165) is 26.2 Å². The summed E-state index contributed by atoms with van der Waals surface area (Å²) in [6.07, 6.45) is 1.84. The minimum absolute atomic E-state index is 0.328. The van der Waals surface area contributed by atoms with E-state index in [-0.39, 0.29) is 0 Å². The molecule has 84 valence electrons. The molecule has 0 bridgehead atoms. The largest absolute Gasteiger partial charge is 0.377 e. The average Bonchev–Trinajstić information content (AvgIpc) is 2.44. The van der Waals surface area contributed by atoms with Crippen LogP contribution in [0.25, 0.3) is 0 Å². The molecule has 1 aliphatic rings. The van der Waals surface area contributed by atoms with Crippen molar-refractivity contribution in [1.29, 1.82) is 0 Å². The lowest BCUT2D eigenvalue weighted by Gasteiger charge is -2.19. The van der Waals surface area contributed by atoms with Gasteiger partial charge >= 0.3 is 0 Å². The zero-order chi connectivity index (χ0) is 10.6. The second kappa shape index (κ2) is 5.69. The summed E-state index contributed by atoms with van der Waals surface area (Å²) in [5, 5.41) is 0. The van der Waals surface area contributed by atoms with Crippen molar-refractivity contribution in [3.63, 3.8) is 0 Å². The Labute approximate surface area is 87.4 Å². The number of nitrogens with zero attached hydrogens (tertiary/aromatic N) is 1. The monoisotopic (exact) mass is 201 g/mol. The predicted octanol–water partition coefficient (Wildman–Crippen LogP) is 1.52. The molecule has 0 spiro atoms. The van der Waals surface area contributed by atoms with Crippen LogP contribution in [0.5, 0.6) is 0 Å². The molecule has 14 heavy (non-hydrogen) atoms. The van der Waals surface area contributed by atoms with Crippen molar-refractivity contribution in [2.75, 3.05) is 26.8 Å². The molecule has 1 fully saturated rings. The molecular weight excluding hydrogens is 178 g/mol. The van der Waals surface area contributed by atoms with Crippen LogP contribution in [0.3, 0.4) is 0 Å². The van der Waals surface area contributed by atoms with Crippen LogP contribution < -0.4 is 0 Å². The van der Waals surface area contributed by atoms with Gasteiger partial charge in [0.15, 0.2) is 0 Å². The maximum atomic E-state index is 5.63. The molecule has 1 aliphatic heterocycles. The molecule has 0 aliphatic carbocycles. The molecule has 3 heteroatoms. The van der Waals surface area contributed by atoms with Crippen LogP contribution >= 0.6 is 0 Å². The lowest BCUT2D eigenvalue weighted by atomic mass is 10.2. The summed E-state index contributed by atoms with van der Waals surface area (Å²) >= 11 is 0. The van der Waals surface area contributed by atoms with Gasteiger partial charge in [0, 0.05) is 19.2 Å². The van der Waals surface area contributed by atoms with Crippen molar-refractivity contribution in [3.8, 4) is 0 Å². The van der Waals surface area contributed by atoms with E-state index < -0.39 is 0 Å². The molecule has 1 rings (SSSR count). The molecule has 1 saturated heterocycles. The lowest BCUT2D eigenvalue weighted by molar-refractivity contribution is 0.0416. The van der Waals surface area contributed by atoms with Crippen LogP contribution in [0.2, 0.25) is 0 Å². The van der Waals surface area contributed by atoms with Gasteiger partial charge in [-0.25, -0.2) is 0 Å². The van der Waals surface area contributed by atoms with Gasteiger partial charge in [0.25, 0.3) is 0 Å². The predicted molar refractivity (Wildman–Crippen MR) is 57.5 cm³/mol. The maximum Gasteiger partial charge on any atom is 0.0717 e. The van der Waals surface area contributed by atoms with Crippen molar-refractivity contribution in [2.45, 2.75) is 45.4 Å². The third-order valence-electron chi connectivity index (χ3n) is 2.67. The van der Waals surface area contributed by atoms with Crippen molar-refractivity contribution in [3.05, 3.63) is 0 Å². The maximum absolute atomic E-state index is 5.63. The van der Waals surface area contributed by atoms with E-state index in [1.807, 2.05) is 0 Å². The zero-order valence-corrected chi connectivity index (χ0v) is 9.82. The first kappa shape index (κ1) is 12.0. The summed E-state index contributed by atoms with van der Waals surface area (Å²) in [7, 11) is 2.15. The van der Waals surface area contributed by atoms with E-state index in [1.165, 1.54) is 0 Å². The van der Waals surface area contributed by atoms with Gasteiger partial charge in [-0.05, 0) is 34.2 Å². The van der Waals surface area contributed by atoms with E-state index in [2.05, 4.69) is 32.7 Å². The highest BCUT2D eigenvalue weighted by Gasteiger charge is 2.29. The second-order valence-corrected chi connectivity index (χ2v) is 4.29. The highest BCUT2D eigenvalue weighted by molar-refractivity contribution is 4.83. The lowest BCUT2D eigenvalue weighted by Crippen LogP contribution is -2.30. The normalized spacial score (nSPS) is 28.9. The Morgan fingerprint density at radius 1 is 1.43 bits per heavy atom. The molecule has 2 unspecified atom stereocenters. The van der Waals surface area contributed by atoms with Gasteiger partial charge in [0.05, 0.1) is 18.8 Å². The standard InChI is InChI=1S/C11H23NO2/c1-5-13-11-6-10(12(4)7-11)8-14-9(2)3/h9-11H,5-8H2,1-4H3. The van der Waals surface area contributed by atoms with Crippen molar-refractivity contribution in [2.24, 2.45) is 0 Å². The fourth-order valence-corrected chi connectivity index (χ4v) is 1.88. The van der Waals surface area contributed by atoms with E-state index >= 15 is 0 Å². The van der Waals surface area contributed by atoms with E-state index in [9.17, 15) is 0 Å². The summed E-state index contributed by atoms with van der Waals surface area (Å²) in [5.74, 6) is 0. The molecule has 1 heterocycles. The van der Waals surface area contributed by atoms with Crippen LogP contribution in [-0.2, 0) is 9.47 Å². The molecule has 3 nitrogen and oxygen atoms in total. The van der Waals surface area contributed by atoms with Gasteiger partial charge in [-0.1, -0.05) is 0 Å². The van der Waals surface area contributed by atoms with Gasteiger partial charge in [-0.15, -0.1) is 0 Å². The van der Waals surface area contributed by atoms with Crippen molar-refractivity contribution < 1.29 is 9.47 Å². The molecule has 2 atom stereocenters. The third-order valence-corrected chi connectivity index (χ3v) is 2.67. The molecule has 0 saturated carbocycles. The van der Waals surface area contributed by atoms with Crippen LogP contribution in [0.1, 0.15) is 27.2 Å². The van der Waals surface area contributed by atoms with Crippen LogP contribution in [0, 0.1) is 0 Å². The summed E-state index contributed by atoms with van der Waals surface area (Å²) in [6.45, 7) is 8.90. The Morgan fingerprint density at radius 2 is 2.14 bits per heavy atom. The average molecular weight is 201 g/mol. The number of hydrogen-bond donors (Lipinski definition) is 0. The summed E-state index contributed by atoms with van der Waals surface area (Å²) in [6, 6.07) is 0.536. The molecule has 0 aromatic rings. The summed E-state index contributed by atoms with van der Waals surface area (Å²) in [5.41, 5.74) is 0. The van der Waals surface area contributed by atoms with Gasteiger partial charge < -0.3 is 9.47 Å². The molecular formula is C11H23NO2. The van der Waals surface area contributed by atoms with E-state index in [4.69, 9.17) is 9.47 Å². The Balaban J connectivity index is 2.25. The van der Waals surface area contributed by atoms with E-state index in [1.54, 1.807) is 0 Å². The van der Waals surface area contributed by atoms with Crippen molar-refractivity contribution in [1.82, 2.24) is 4.90 Å². The smallest absolute Gasteiger partial charge is 0.0717 e. The molecule has 0 aromatic carbocycles. The van der Waals surface area contributed by atoms with Gasteiger partial charge in [0.1, 0.15) is 0 Å². The highest BCUT2D eigenvalue weighted by Crippen LogP contribution is 2.19. The molecule has 0 N–H and O–H groups in total. The molecule has 0 aromatic heterocycles. The Hall–Kier alpha value is -0.120. The van der Waals surface area contributed by atoms with Gasteiger partial charge in [-0.3, -0.25) is 4.90 Å². The zero-order valence-electron chi connectivity index (χ0n) is 9.82. The first-order valence-corrected chi connectivity index (χ1v) is 5.57. The Bertz CT molecular complexity index is 161. The highest BCUT2D eigenvalue weighted by atomic mass is 16.5. The van der Waals surface area contributed by atoms with Gasteiger partial charge in [0.2, 0.25) is 0 Å². The topological polar surface area (TPSA) is 21.7 Å². The fraction of sp³-hybridized carbons (Fsp3) is 1.00. The first-order chi connectivity index (χ1) is 6.63. The molecule has 0 amide bonds. The number of ether oxygens (including phenoxy) is 2. The summed E-state index contributed by atoms with van der Waals surface area (Å²) < 4.78 is 11.2. The SMILES string of the molecule is CCOC1CC(COC(C)C)N(C)C1. The van der Waals surface area contributed by atoms with Crippen LogP contribution in [0.15, 0.2) is 0 Å². The second-order valence-electron chi connectivity index (χ2n) is 4.29. The Kier molecular flexibility index (Phi) is 4.85. The summed E-state index contributed by atoms with van der Waals surface area (Å²) in [4.78, 5) is 2.34. The van der Waals surface area contributed by atoms with Crippen LogP contribution in [-0.4, -0.2) is 50.0 Å². The van der Waals surface area contributed by atoms with Gasteiger partial charge in [-0.2, -0.15) is 0 Å². The fourth-order valence-electron chi connectivity index (χ4n) is 1.88. The number of likely N-dealkylation sites (N-methyl/N-ethyl adjacent to an activating group) is 1. The minimum Gasteiger partial charge on any atom is -0.377 e. The van der Waals surface area contributed by atoms with Crippen LogP contribution in [0.4, 0.5) is 0 Å².